The molecule has 0 unspecified atom stereocenters. The normalized spacial score (nSPS) is 11.2. The first-order valence-corrected chi connectivity index (χ1v) is 14.8. The summed E-state index contributed by atoms with van der Waals surface area (Å²) in [6, 6.07) is 10.8. The SMILES string of the molecule is CCCCCCCCCCOc1ccc(C(=O)Nc2cc(C(=O)NCCOC)ccc2S(C)(=O)=O)cc1. The minimum Gasteiger partial charge on any atom is -0.494 e. The Morgan fingerprint density at radius 1 is 0.811 bits per heavy atom. The van der Waals surface area contributed by atoms with E-state index in [1.54, 1.807) is 24.3 Å². The van der Waals surface area contributed by atoms with Gasteiger partial charge in [-0.15, -0.1) is 0 Å². The monoisotopic (exact) mass is 532 g/mol. The van der Waals surface area contributed by atoms with Gasteiger partial charge in [0.05, 0.1) is 23.8 Å². The third-order valence-corrected chi connectivity index (χ3v) is 7.02. The zero-order chi connectivity index (χ0) is 27.1. The lowest BCUT2D eigenvalue weighted by Crippen LogP contribution is -2.27. The number of hydrogen-bond donors (Lipinski definition) is 2. The Morgan fingerprint density at radius 3 is 2.05 bits per heavy atom. The molecule has 2 rings (SSSR count). The molecule has 0 aliphatic carbocycles. The topological polar surface area (TPSA) is 111 Å². The average Bonchev–Trinajstić information content (AvgIpc) is 2.87. The molecule has 0 bridgehead atoms. The first-order chi connectivity index (χ1) is 17.8. The maximum absolute atomic E-state index is 12.9. The second kappa shape index (κ2) is 16.0. The largest absolute Gasteiger partial charge is 0.494 e. The van der Waals surface area contributed by atoms with E-state index >= 15 is 0 Å². The molecule has 0 heterocycles. The fraction of sp³-hybridized carbons (Fsp3) is 0.500. The summed E-state index contributed by atoms with van der Waals surface area (Å²) in [4.78, 5) is 25.2. The molecular weight excluding hydrogens is 492 g/mol. The zero-order valence-electron chi connectivity index (χ0n) is 22.2. The number of unbranched alkanes of at least 4 members (excludes halogenated alkanes) is 7. The fourth-order valence-electron chi connectivity index (χ4n) is 3.78. The van der Waals surface area contributed by atoms with Crippen molar-refractivity contribution in [1.82, 2.24) is 5.32 Å². The highest BCUT2D eigenvalue weighted by Crippen LogP contribution is 2.24. The van der Waals surface area contributed by atoms with Crippen molar-refractivity contribution in [3.63, 3.8) is 0 Å². The first kappa shape index (κ1) is 30.3. The summed E-state index contributed by atoms with van der Waals surface area (Å²) in [6.07, 6.45) is 10.9. The minimum absolute atomic E-state index is 0.0434. The Hall–Kier alpha value is -2.91. The van der Waals surface area contributed by atoms with E-state index in [1.165, 1.54) is 63.8 Å². The van der Waals surface area contributed by atoms with Crippen LogP contribution in [0.3, 0.4) is 0 Å². The van der Waals surface area contributed by atoms with Gasteiger partial charge in [0.15, 0.2) is 9.84 Å². The van der Waals surface area contributed by atoms with Crippen LogP contribution < -0.4 is 15.4 Å². The van der Waals surface area contributed by atoms with Crippen LogP contribution in [0.15, 0.2) is 47.4 Å². The lowest BCUT2D eigenvalue weighted by atomic mass is 10.1. The van der Waals surface area contributed by atoms with E-state index in [0.717, 1.165) is 19.1 Å². The predicted molar refractivity (Wildman–Crippen MR) is 146 cm³/mol. The molecule has 2 aromatic carbocycles. The van der Waals surface area contributed by atoms with Crippen LogP contribution in [0.25, 0.3) is 0 Å². The molecule has 2 amide bonds. The first-order valence-electron chi connectivity index (χ1n) is 12.9. The maximum Gasteiger partial charge on any atom is 0.255 e. The lowest BCUT2D eigenvalue weighted by Gasteiger charge is -2.13. The fourth-order valence-corrected chi connectivity index (χ4v) is 4.61. The molecule has 9 heteroatoms. The van der Waals surface area contributed by atoms with E-state index < -0.39 is 21.7 Å². The Kier molecular flexibility index (Phi) is 13.1. The number of sulfone groups is 1. The Balaban J connectivity index is 1.94. The molecule has 0 aliphatic rings. The molecule has 204 valence electrons. The minimum atomic E-state index is -3.64. The number of amides is 2. The van der Waals surface area contributed by atoms with Crippen molar-refractivity contribution in [3.8, 4) is 5.75 Å². The van der Waals surface area contributed by atoms with Crippen LogP contribution >= 0.6 is 0 Å². The van der Waals surface area contributed by atoms with Gasteiger partial charge < -0.3 is 20.1 Å². The predicted octanol–water partition coefficient (Wildman–Crippen LogP) is 5.24. The van der Waals surface area contributed by atoms with E-state index in [0.29, 0.717) is 31.1 Å². The van der Waals surface area contributed by atoms with Crippen molar-refractivity contribution >= 4 is 27.3 Å². The number of nitrogens with one attached hydrogen (secondary N) is 2. The number of carbonyl (C=O) groups is 2. The second-order valence-electron chi connectivity index (χ2n) is 9.03. The van der Waals surface area contributed by atoms with Crippen molar-refractivity contribution in [3.05, 3.63) is 53.6 Å². The molecule has 0 saturated heterocycles. The number of ether oxygens (including phenoxy) is 2. The van der Waals surface area contributed by atoms with Crippen LogP contribution in [-0.2, 0) is 14.6 Å². The van der Waals surface area contributed by atoms with Crippen LogP contribution in [0.5, 0.6) is 5.75 Å². The highest BCUT2D eigenvalue weighted by Gasteiger charge is 2.18. The van der Waals surface area contributed by atoms with Crippen LogP contribution in [0, 0.1) is 0 Å². The lowest BCUT2D eigenvalue weighted by molar-refractivity contribution is 0.0936. The van der Waals surface area contributed by atoms with Crippen molar-refractivity contribution in [1.29, 1.82) is 0 Å². The molecule has 37 heavy (non-hydrogen) atoms. The van der Waals surface area contributed by atoms with Gasteiger partial charge in [0, 0.05) is 31.0 Å². The van der Waals surface area contributed by atoms with Gasteiger partial charge in [0.2, 0.25) is 0 Å². The third-order valence-electron chi connectivity index (χ3n) is 5.86. The van der Waals surface area contributed by atoms with Gasteiger partial charge in [-0.1, -0.05) is 51.9 Å². The molecule has 8 nitrogen and oxygen atoms in total. The molecule has 0 radical (unpaired) electrons. The Morgan fingerprint density at radius 2 is 1.43 bits per heavy atom. The van der Waals surface area contributed by atoms with Gasteiger partial charge in [-0.05, 0) is 48.9 Å². The van der Waals surface area contributed by atoms with Crippen LogP contribution in [-0.4, -0.2) is 53.4 Å². The average molecular weight is 533 g/mol. The smallest absolute Gasteiger partial charge is 0.255 e. The zero-order valence-corrected chi connectivity index (χ0v) is 23.0. The van der Waals surface area contributed by atoms with Crippen LogP contribution in [0.2, 0.25) is 0 Å². The molecule has 0 saturated carbocycles. The van der Waals surface area contributed by atoms with Gasteiger partial charge in [-0.3, -0.25) is 9.59 Å². The molecule has 2 aromatic rings. The summed E-state index contributed by atoms with van der Waals surface area (Å²) in [6.45, 7) is 3.49. The molecular formula is C28H40N2O6S. The Bertz CT molecular complexity index is 1100. The highest BCUT2D eigenvalue weighted by molar-refractivity contribution is 7.90. The quantitative estimate of drug-likeness (QED) is 0.270. The molecule has 0 fully saturated rings. The van der Waals surface area contributed by atoms with Gasteiger partial charge in [0.1, 0.15) is 5.75 Å². The third kappa shape index (κ3) is 10.9. The number of hydrogen-bond acceptors (Lipinski definition) is 6. The summed E-state index contributed by atoms with van der Waals surface area (Å²) in [5, 5.41) is 5.31. The van der Waals surface area contributed by atoms with E-state index in [1.807, 2.05) is 0 Å². The summed E-state index contributed by atoms with van der Waals surface area (Å²) >= 11 is 0. The van der Waals surface area contributed by atoms with Crippen LogP contribution in [0.1, 0.15) is 79.0 Å². The molecule has 0 aliphatic heterocycles. The van der Waals surface area contributed by atoms with Gasteiger partial charge >= 0.3 is 0 Å². The number of benzene rings is 2. The van der Waals surface area contributed by atoms with E-state index in [4.69, 9.17) is 9.47 Å². The van der Waals surface area contributed by atoms with Crippen molar-refractivity contribution in [2.75, 3.05) is 38.4 Å². The van der Waals surface area contributed by atoms with Gasteiger partial charge in [-0.25, -0.2) is 8.42 Å². The Labute approximate surface area is 221 Å². The van der Waals surface area contributed by atoms with Crippen molar-refractivity contribution in [2.45, 2.75) is 63.2 Å². The number of methoxy groups -OCH3 is 1. The van der Waals surface area contributed by atoms with E-state index in [-0.39, 0.29) is 16.1 Å². The van der Waals surface area contributed by atoms with Crippen molar-refractivity contribution in [2.24, 2.45) is 0 Å². The highest BCUT2D eigenvalue weighted by atomic mass is 32.2. The molecule has 0 spiro atoms. The van der Waals surface area contributed by atoms with Crippen molar-refractivity contribution < 1.29 is 27.5 Å². The summed E-state index contributed by atoms with van der Waals surface area (Å²) in [7, 11) is -2.12. The summed E-state index contributed by atoms with van der Waals surface area (Å²) in [5.41, 5.74) is 0.610. The molecule has 2 N–H and O–H groups in total. The standard InChI is InChI=1S/C28H40N2O6S/c1-4-5-6-7-8-9-10-11-19-36-24-15-12-22(13-16-24)28(32)30-25-21-23(27(31)29-18-20-35-2)14-17-26(25)37(3,33)34/h12-17,21H,4-11,18-20H2,1-3H3,(H,29,31)(H,30,32). The maximum atomic E-state index is 12.9. The van der Waals surface area contributed by atoms with E-state index in [9.17, 15) is 18.0 Å². The number of anilines is 1. The summed E-state index contributed by atoms with van der Waals surface area (Å²) in [5.74, 6) is -0.215. The van der Waals surface area contributed by atoms with Gasteiger partial charge in [0.25, 0.3) is 11.8 Å². The van der Waals surface area contributed by atoms with Crippen LogP contribution in [0.4, 0.5) is 5.69 Å². The molecule has 0 atom stereocenters. The van der Waals surface area contributed by atoms with E-state index in [2.05, 4.69) is 17.6 Å². The second-order valence-corrected chi connectivity index (χ2v) is 11.0. The van der Waals surface area contributed by atoms with Gasteiger partial charge in [-0.2, -0.15) is 0 Å². The number of carbonyl (C=O) groups excluding carboxylic acids is 2. The number of rotatable bonds is 17. The summed E-state index contributed by atoms with van der Waals surface area (Å²) < 4.78 is 35.2. The molecule has 0 aromatic heterocycles.